The van der Waals surface area contributed by atoms with Crippen molar-refractivity contribution in [1.82, 2.24) is 14.5 Å². The number of carbonyl (C=O) groups excluding carboxylic acids is 1. The highest BCUT2D eigenvalue weighted by atomic mass is 16.5. The molecule has 19 heavy (non-hydrogen) atoms. The topological polar surface area (TPSA) is 47.4 Å². The number of aromatic nitrogens is 2. The zero-order valence-corrected chi connectivity index (χ0v) is 11.8. The fourth-order valence-electron chi connectivity index (χ4n) is 2.64. The third-order valence-electron chi connectivity index (χ3n) is 3.72. The number of nitrogens with zero attached hydrogens (tertiary/aromatic N) is 3. The summed E-state index contributed by atoms with van der Waals surface area (Å²) in [5.74, 6) is 0.968. The van der Waals surface area contributed by atoms with Gasteiger partial charge in [-0.15, -0.1) is 0 Å². The van der Waals surface area contributed by atoms with E-state index in [4.69, 9.17) is 4.74 Å². The molecule has 0 spiro atoms. The molecular formula is C14H23N3O2. The highest BCUT2D eigenvalue weighted by Crippen LogP contribution is 2.21. The fraction of sp³-hybridized carbons (Fsp3) is 0.714. The third-order valence-corrected chi connectivity index (χ3v) is 3.72. The summed E-state index contributed by atoms with van der Waals surface area (Å²) >= 11 is 0. The van der Waals surface area contributed by atoms with Crippen LogP contribution in [0.5, 0.6) is 0 Å². The molecule has 2 rings (SSSR count). The molecule has 0 amide bonds. The van der Waals surface area contributed by atoms with Crippen molar-refractivity contribution in [3.63, 3.8) is 0 Å². The first-order chi connectivity index (χ1) is 9.20. The van der Waals surface area contributed by atoms with Crippen molar-refractivity contribution >= 4 is 5.97 Å². The molecule has 1 fully saturated rings. The Labute approximate surface area is 114 Å². The SMILES string of the molecule is CCOC(=O)CC1CCCCN1Cc1nccn1C. The van der Waals surface area contributed by atoms with Gasteiger partial charge in [-0.2, -0.15) is 0 Å². The summed E-state index contributed by atoms with van der Waals surface area (Å²) in [7, 11) is 2.01. The Morgan fingerprint density at radius 2 is 2.37 bits per heavy atom. The van der Waals surface area contributed by atoms with Crippen LogP contribution in [-0.4, -0.2) is 39.6 Å². The Kier molecular flexibility index (Phi) is 4.96. The maximum Gasteiger partial charge on any atom is 0.307 e. The van der Waals surface area contributed by atoms with E-state index < -0.39 is 0 Å². The van der Waals surface area contributed by atoms with Crippen LogP contribution in [0, 0.1) is 0 Å². The standard InChI is InChI=1S/C14H23N3O2/c1-3-19-14(18)10-12-6-4-5-8-17(12)11-13-15-7-9-16(13)2/h7,9,12H,3-6,8,10-11H2,1-2H3. The summed E-state index contributed by atoms with van der Waals surface area (Å²) in [5, 5.41) is 0. The van der Waals surface area contributed by atoms with E-state index in [1.165, 1.54) is 12.8 Å². The molecule has 5 nitrogen and oxygen atoms in total. The molecular weight excluding hydrogens is 242 g/mol. The van der Waals surface area contributed by atoms with Crippen molar-refractivity contribution in [1.29, 1.82) is 0 Å². The lowest BCUT2D eigenvalue weighted by molar-refractivity contribution is -0.145. The number of rotatable bonds is 5. The van der Waals surface area contributed by atoms with Gasteiger partial charge in [-0.25, -0.2) is 4.98 Å². The summed E-state index contributed by atoms with van der Waals surface area (Å²) in [6.45, 7) is 4.17. The van der Waals surface area contributed by atoms with Crippen molar-refractivity contribution in [3.05, 3.63) is 18.2 Å². The molecule has 2 heterocycles. The summed E-state index contributed by atoms with van der Waals surface area (Å²) < 4.78 is 7.10. The lowest BCUT2D eigenvalue weighted by Crippen LogP contribution is -2.41. The van der Waals surface area contributed by atoms with Crippen molar-refractivity contribution < 1.29 is 9.53 Å². The monoisotopic (exact) mass is 265 g/mol. The molecule has 0 radical (unpaired) electrons. The number of piperidine rings is 1. The van der Waals surface area contributed by atoms with E-state index in [0.29, 0.717) is 19.1 Å². The molecule has 1 aliphatic rings. The molecule has 0 aromatic carbocycles. The lowest BCUT2D eigenvalue weighted by atomic mass is 9.99. The number of likely N-dealkylation sites (tertiary alicyclic amines) is 1. The first-order valence-corrected chi connectivity index (χ1v) is 7.06. The second-order valence-electron chi connectivity index (χ2n) is 5.08. The van der Waals surface area contributed by atoms with Crippen molar-refractivity contribution in [2.45, 2.75) is 45.2 Å². The van der Waals surface area contributed by atoms with E-state index in [2.05, 4.69) is 9.88 Å². The number of carbonyl (C=O) groups is 1. The van der Waals surface area contributed by atoms with Gasteiger partial charge in [-0.1, -0.05) is 6.42 Å². The molecule has 1 unspecified atom stereocenters. The van der Waals surface area contributed by atoms with E-state index >= 15 is 0 Å². The Morgan fingerprint density at radius 1 is 1.53 bits per heavy atom. The second kappa shape index (κ2) is 6.70. The molecule has 1 saturated heterocycles. The Balaban J connectivity index is 1.96. The summed E-state index contributed by atoms with van der Waals surface area (Å²) in [4.78, 5) is 18.4. The van der Waals surface area contributed by atoms with Crippen LogP contribution in [0.15, 0.2) is 12.4 Å². The smallest absolute Gasteiger partial charge is 0.307 e. The zero-order valence-electron chi connectivity index (χ0n) is 11.8. The fourth-order valence-corrected chi connectivity index (χ4v) is 2.64. The van der Waals surface area contributed by atoms with E-state index in [-0.39, 0.29) is 5.97 Å². The average molecular weight is 265 g/mol. The molecule has 1 aromatic heterocycles. The van der Waals surface area contributed by atoms with E-state index in [1.54, 1.807) is 0 Å². The minimum Gasteiger partial charge on any atom is -0.466 e. The normalized spacial score (nSPS) is 20.4. The third kappa shape index (κ3) is 3.80. The minimum absolute atomic E-state index is 0.0840. The number of esters is 1. The van der Waals surface area contributed by atoms with Crippen molar-refractivity contribution in [2.24, 2.45) is 7.05 Å². The average Bonchev–Trinajstić information content (AvgIpc) is 2.78. The second-order valence-corrected chi connectivity index (χ2v) is 5.08. The Bertz CT molecular complexity index is 417. The van der Waals surface area contributed by atoms with Gasteiger partial charge in [0.2, 0.25) is 0 Å². The maximum atomic E-state index is 11.7. The number of hydrogen-bond donors (Lipinski definition) is 0. The van der Waals surface area contributed by atoms with E-state index in [9.17, 15) is 4.79 Å². The predicted octanol–water partition coefficient (Wildman–Crippen LogP) is 1.73. The summed E-state index contributed by atoms with van der Waals surface area (Å²) in [6, 6.07) is 0.296. The van der Waals surface area contributed by atoms with Crippen molar-refractivity contribution in [2.75, 3.05) is 13.2 Å². The highest BCUT2D eigenvalue weighted by Gasteiger charge is 2.26. The number of hydrogen-bond acceptors (Lipinski definition) is 4. The van der Waals surface area contributed by atoms with Crippen LogP contribution in [0.2, 0.25) is 0 Å². The van der Waals surface area contributed by atoms with Gasteiger partial charge in [0, 0.05) is 25.5 Å². The first-order valence-electron chi connectivity index (χ1n) is 7.06. The number of ether oxygens (including phenoxy) is 1. The lowest BCUT2D eigenvalue weighted by Gasteiger charge is -2.34. The molecule has 0 bridgehead atoms. The van der Waals surface area contributed by atoms with Crippen LogP contribution in [0.3, 0.4) is 0 Å². The van der Waals surface area contributed by atoms with Gasteiger partial charge < -0.3 is 9.30 Å². The first kappa shape index (κ1) is 14.1. The molecule has 1 aromatic rings. The summed E-state index contributed by atoms with van der Waals surface area (Å²) in [6.07, 6.45) is 7.74. The molecule has 1 atom stereocenters. The van der Waals surface area contributed by atoms with Crippen LogP contribution in [0.1, 0.15) is 38.4 Å². The van der Waals surface area contributed by atoms with Crippen LogP contribution >= 0.6 is 0 Å². The van der Waals surface area contributed by atoms with Crippen LogP contribution in [-0.2, 0) is 23.1 Å². The van der Waals surface area contributed by atoms with E-state index in [1.807, 2.05) is 30.9 Å². The molecule has 106 valence electrons. The molecule has 0 saturated carbocycles. The van der Waals surface area contributed by atoms with Gasteiger partial charge in [-0.3, -0.25) is 9.69 Å². The van der Waals surface area contributed by atoms with Gasteiger partial charge in [0.25, 0.3) is 0 Å². The minimum atomic E-state index is -0.0840. The summed E-state index contributed by atoms with van der Waals surface area (Å²) in [5.41, 5.74) is 0. The van der Waals surface area contributed by atoms with E-state index in [0.717, 1.165) is 25.3 Å². The van der Waals surface area contributed by atoms with Gasteiger partial charge in [0.1, 0.15) is 5.82 Å². The zero-order chi connectivity index (χ0) is 13.7. The number of imidazole rings is 1. The van der Waals surface area contributed by atoms with Gasteiger partial charge in [0.05, 0.1) is 19.6 Å². The molecule has 0 aliphatic carbocycles. The van der Waals surface area contributed by atoms with Gasteiger partial charge >= 0.3 is 5.97 Å². The predicted molar refractivity (Wildman–Crippen MR) is 72.5 cm³/mol. The van der Waals surface area contributed by atoms with Gasteiger partial charge in [-0.05, 0) is 26.3 Å². The Morgan fingerprint density at radius 3 is 3.05 bits per heavy atom. The quantitative estimate of drug-likeness (QED) is 0.761. The Hall–Kier alpha value is -1.36. The van der Waals surface area contributed by atoms with Crippen LogP contribution < -0.4 is 0 Å². The van der Waals surface area contributed by atoms with Crippen molar-refractivity contribution in [3.8, 4) is 0 Å². The largest absolute Gasteiger partial charge is 0.466 e. The van der Waals surface area contributed by atoms with Gasteiger partial charge in [0.15, 0.2) is 0 Å². The van der Waals surface area contributed by atoms with Crippen LogP contribution in [0.4, 0.5) is 0 Å². The molecule has 1 aliphatic heterocycles. The molecule has 5 heteroatoms. The molecule has 0 N–H and O–H groups in total. The number of aryl methyl sites for hydroxylation is 1. The van der Waals surface area contributed by atoms with Crippen LogP contribution in [0.25, 0.3) is 0 Å². The highest BCUT2D eigenvalue weighted by molar-refractivity contribution is 5.70. The maximum absolute atomic E-state index is 11.7.